The monoisotopic (exact) mass is 424 g/mol. The summed E-state index contributed by atoms with van der Waals surface area (Å²) in [6.07, 6.45) is 0. The SMILES string of the molecule is Cc1cccc2c1-c1c(Br)cccc1C21c2ccccc2Oc2ccccc21. The summed E-state index contributed by atoms with van der Waals surface area (Å²) in [5.74, 6) is 1.86. The molecule has 2 aliphatic rings. The molecule has 0 N–H and O–H groups in total. The summed E-state index contributed by atoms with van der Waals surface area (Å²) in [6.45, 7) is 2.21. The molecular weight excluding hydrogens is 408 g/mol. The van der Waals surface area contributed by atoms with E-state index < -0.39 is 0 Å². The van der Waals surface area contributed by atoms with Crippen molar-refractivity contribution in [2.24, 2.45) is 0 Å². The molecule has 1 nitrogen and oxygen atoms in total. The Morgan fingerprint density at radius 1 is 0.607 bits per heavy atom. The summed E-state index contributed by atoms with van der Waals surface area (Å²) in [4.78, 5) is 0. The Labute approximate surface area is 172 Å². The van der Waals surface area contributed by atoms with E-state index in [1.165, 1.54) is 38.9 Å². The highest BCUT2D eigenvalue weighted by atomic mass is 79.9. The number of fused-ring (bicyclic) bond motifs is 9. The first kappa shape index (κ1) is 16.1. The molecular formula is C26H17BrO. The highest BCUT2D eigenvalue weighted by molar-refractivity contribution is 9.10. The molecule has 6 rings (SSSR count). The minimum absolute atomic E-state index is 0.369. The lowest BCUT2D eigenvalue weighted by Gasteiger charge is -2.39. The summed E-state index contributed by atoms with van der Waals surface area (Å²) in [5.41, 5.74) is 8.61. The van der Waals surface area contributed by atoms with E-state index in [0.29, 0.717) is 0 Å². The minimum Gasteiger partial charge on any atom is -0.457 e. The highest BCUT2D eigenvalue weighted by Crippen LogP contribution is 2.63. The van der Waals surface area contributed by atoms with Gasteiger partial charge in [0.05, 0.1) is 5.41 Å². The Morgan fingerprint density at radius 2 is 1.14 bits per heavy atom. The lowest BCUT2D eigenvalue weighted by molar-refractivity contribution is 0.436. The summed E-state index contributed by atoms with van der Waals surface area (Å²) in [6, 6.07) is 30.2. The second kappa shape index (κ2) is 5.59. The van der Waals surface area contributed by atoms with Gasteiger partial charge in [-0.05, 0) is 47.4 Å². The van der Waals surface area contributed by atoms with Crippen LogP contribution < -0.4 is 4.74 Å². The van der Waals surface area contributed by atoms with Crippen molar-refractivity contribution in [1.29, 1.82) is 0 Å². The molecule has 0 atom stereocenters. The zero-order valence-corrected chi connectivity index (χ0v) is 17.0. The minimum atomic E-state index is -0.369. The standard InChI is InChI=1S/C26H17BrO/c1-16-8-6-11-19-24(16)25-20(12-7-13-21(25)27)26(19)17-9-2-4-14-22(17)28-23-15-5-3-10-18(23)26/h2-15H,1H3. The van der Waals surface area contributed by atoms with Gasteiger partial charge in [-0.2, -0.15) is 0 Å². The van der Waals surface area contributed by atoms with E-state index >= 15 is 0 Å². The van der Waals surface area contributed by atoms with Crippen molar-refractivity contribution in [2.75, 3.05) is 0 Å². The highest BCUT2D eigenvalue weighted by Gasteiger charge is 2.51. The first-order valence-corrected chi connectivity index (χ1v) is 10.3. The van der Waals surface area contributed by atoms with Crippen molar-refractivity contribution >= 4 is 15.9 Å². The Balaban J connectivity index is 1.89. The lowest BCUT2D eigenvalue weighted by atomic mass is 9.66. The molecule has 1 heterocycles. The van der Waals surface area contributed by atoms with Gasteiger partial charge in [0.1, 0.15) is 11.5 Å². The molecule has 0 unspecified atom stereocenters. The largest absolute Gasteiger partial charge is 0.457 e. The molecule has 4 aromatic carbocycles. The van der Waals surface area contributed by atoms with Crippen molar-refractivity contribution in [1.82, 2.24) is 0 Å². The molecule has 0 saturated carbocycles. The third-order valence-corrected chi connectivity index (χ3v) is 6.81. The number of ether oxygens (including phenoxy) is 1. The normalized spacial score (nSPS) is 14.6. The van der Waals surface area contributed by atoms with Crippen LogP contribution in [0, 0.1) is 6.92 Å². The van der Waals surface area contributed by atoms with E-state index in [1.54, 1.807) is 0 Å². The Kier molecular flexibility index (Phi) is 3.22. The van der Waals surface area contributed by atoms with Gasteiger partial charge in [0.25, 0.3) is 0 Å². The number of para-hydroxylation sites is 2. The van der Waals surface area contributed by atoms with Gasteiger partial charge in [0, 0.05) is 21.2 Å². The molecule has 0 bridgehead atoms. The lowest BCUT2D eigenvalue weighted by Crippen LogP contribution is -2.32. The fraction of sp³-hybridized carbons (Fsp3) is 0.0769. The van der Waals surface area contributed by atoms with E-state index in [0.717, 1.165) is 16.0 Å². The average Bonchev–Trinajstić information content (AvgIpc) is 3.02. The quantitative estimate of drug-likeness (QED) is 0.250. The van der Waals surface area contributed by atoms with Gasteiger partial charge < -0.3 is 4.74 Å². The summed E-state index contributed by atoms with van der Waals surface area (Å²) in [5, 5.41) is 0. The maximum Gasteiger partial charge on any atom is 0.132 e. The predicted molar refractivity (Wildman–Crippen MR) is 116 cm³/mol. The molecule has 1 aliphatic carbocycles. The van der Waals surface area contributed by atoms with E-state index in [1.807, 2.05) is 12.1 Å². The molecule has 0 saturated heterocycles. The fourth-order valence-corrected chi connectivity index (χ4v) is 5.69. The molecule has 1 spiro atoms. The molecule has 0 aromatic heterocycles. The van der Waals surface area contributed by atoms with Crippen LogP contribution in [0.15, 0.2) is 89.4 Å². The summed E-state index contributed by atoms with van der Waals surface area (Å²) < 4.78 is 7.48. The first-order valence-electron chi connectivity index (χ1n) is 9.49. The zero-order chi connectivity index (χ0) is 18.9. The topological polar surface area (TPSA) is 9.23 Å². The number of aryl methyl sites for hydroxylation is 1. The molecule has 2 heteroatoms. The van der Waals surface area contributed by atoms with E-state index in [4.69, 9.17) is 4.74 Å². The molecule has 0 fully saturated rings. The first-order chi connectivity index (χ1) is 13.7. The molecule has 28 heavy (non-hydrogen) atoms. The van der Waals surface area contributed by atoms with Crippen LogP contribution in [0.3, 0.4) is 0 Å². The van der Waals surface area contributed by atoms with Crippen molar-refractivity contribution in [2.45, 2.75) is 12.3 Å². The third kappa shape index (κ3) is 1.81. The second-order valence-corrected chi connectivity index (χ2v) is 8.36. The summed E-state index contributed by atoms with van der Waals surface area (Å²) in [7, 11) is 0. The van der Waals surface area contributed by atoms with Gasteiger partial charge >= 0.3 is 0 Å². The van der Waals surface area contributed by atoms with Gasteiger partial charge in [-0.1, -0.05) is 82.7 Å². The van der Waals surface area contributed by atoms with Crippen LogP contribution >= 0.6 is 15.9 Å². The number of halogens is 1. The van der Waals surface area contributed by atoms with Crippen LogP contribution in [0.5, 0.6) is 11.5 Å². The van der Waals surface area contributed by atoms with Crippen LogP contribution in [0.1, 0.15) is 27.8 Å². The predicted octanol–water partition coefficient (Wildman–Crippen LogP) is 7.23. The second-order valence-electron chi connectivity index (χ2n) is 7.50. The number of hydrogen-bond acceptors (Lipinski definition) is 1. The van der Waals surface area contributed by atoms with Gasteiger partial charge in [0.15, 0.2) is 0 Å². The third-order valence-electron chi connectivity index (χ3n) is 6.15. The van der Waals surface area contributed by atoms with Gasteiger partial charge in [0.2, 0.25) is 0 Å². The maximum atomic E-state index is 6.34. The van der Waals surface area contributed by atoms with E-state index in [9.17, 15) is 0 Å². The number of benzene rings is 4. The Morgan fingerprint density at radius 3 is 1.82 bits per heavy atom. The van der Waals surface area contributed by atoms with Crippen molar-refractivity contribution in [3.63, 3.8) is 0 Å². The van der Waals surface area contributed by atoms with E-state index in [2.05, 4.69) is 95.7 Å². The number of hydrogen-bond donors (Lipinski definition) is 0. The van der Waals surface area contributed by atoms with Crippen molar-refractivity contribution < 1.29 is 4.74 Å². The molecule has 134 valence electrons. The Bertz CT molecular complexity index is 1170. The average molecular weight is 425 g/mol. The van der Waals surface area contributed by atoms with Crippen molar-refractivity contribution in [3.8, 4) is 22.6 Å². The van der Waals surface area contributed by atoms with Crippen LogP contribution in [0.25, 0.3) is 11.1 Å². The Hall–Kier alpha value is -2.84. The molecule has 0 amide bonds. The van der Waals surface area contributed by atoms with Gasteiger partial charge in [-0.25, -0.2) is 0 Å². The summed E-state index contributed by atoms with van der Waals surface area (Å²) >= 11 is 3.85. The zero-order valence-electron chi connectivity index (χ0n) is 15.4. The molecule has 1 aliphatic heterocycles. The van der Waals surface area contributed by atoms with Crippen molar-refractivity contribution in [3.05, 3.63) is 117 Å². The van der Waals surface area contributed by atoms with Gasteiger partial charge in [-0.3, -0.25) is 0 Å². The molecule has 0 radical (unpaired) electrons. The van der Waals surface area contributed by atoms with Crippen LogP contribution in [0.2, 0.25) is 0 Å². The van der Waals surface area contributed by atoms with Gasteiger partial charge in [-0.15, -0.1) is 0 Å². The van der Waals surface area contributed by atoms with Crippen LogP contribution in [-0.4, -0.2) is 0 Å². The maximum absolute atomic E-state index is 6.34. The molecule has 4 aromatic rings. The smallest absolute Gasteiger partial charge is 0.132 e. The van der Waals surface area contributed by atoms with E-state index in [-0.39, 0.29) is 5.41 Å². The fourth-order valence-electron chi connectivity index (χ4n) is 5.12. The van der Waals surface area contributed by atoms with Crippen LogP contribution in [-0.2, 0) is 5.41 Å². The van der Waals surface area contributed by atoms with Crippen LogP contribution in [0.4, 0.5) is 0 Å². The number of rotatable bonds is 0.